The Morgan fingerprint density at radius 3 is 2.48 bits per heavy atom. The van der Waals surface area contributed by atoms with Gasteiger partial charge in [0.25, 0.3) is 0 Å². The van der Waals surface area contributed by atoms with Crippen LogP contribution in [0.15, 0.2) is 24.4 Å². The van der Waals surface area contributed by atoms with E-state index < -0.39 is 17.6 Å². The second-order valence-corrected chi connectivity index (χ2v) is 5.02. The molecule has 3 nitrogen and oxygen atoms in total. The molecule has 0 spiro atoms. The van der Waals surface area contributed by atoms with E-state index in [1.165, 1.54) is 0 Å². The molecule has 2 aromatic rings. The number of rotatable bonds is 3. The van der Waals surface area contributed by atoms with Gasteiger partial charge >= 0.3 is 6.18 Å². The monoisotopic (exact) mass is 301 g/mol. The molecule has 0 aliphatic heterocycles. The van der Waals surface area contributed by atoms with E-state index in [1.54, 1.807) is 17.7 Å². The van der Waals surface area contributed by atoms with Gasteiger partial charge in [-0.05, 0) is 39.0 Å². The van der Waals surface area contributed by atoms with E-state index in [-0.39, 0.29) is 11.7 Å². The first-order chi connectivity index (χ1) is 9.68. The number of hydrogen-bond donors (Lipinski definition) is 1. The molecule has 114 valence electrons. The minimum Gasteiger partial charge on any atom is -0.323 e. The fourth-order valence-corrected chi connectivity index (χ4v) is 1.92. The predicted octanol–water partition coefficient (Wildman–Crippen LogP) is 4.67. The van der Waals surface area contributed by atoms with Crippen molar-refractivity contribution in [1.82, 2.24) is 9.55 Å². The van der Waals surface area contributed by atoms with Crippen molar-refractivity contribution in [3.63, 3.8) is 0 Å². The number of aryl methyl sites for hydroxylation is 1. The summed E-state index contributed by atoms with van der Waals surface area (Å²) >= 11 is 0. The standard InChI is InChI=1S/C14H15F4N3/c1-8(2)21-7-9(3)19-13(21)20-12-6-10(14(16,17)18)4-5-11(12)15/h4-8H,1-3H3,(H,19,20). The Bertz CT molecular complexity index is 644. The number of nitrogens with zero attached hydrogens (tertiary/aromatic N) is 2. The zero-order valence-corrected chi connectivity index (χ0v) is 11.8. The maximum absolute atomic E-state index is 13.7. The highest BCUT2D eigenvalue weighted by Crippen LogP contribution is 2.32. The minimum atomic E-state index is -4.52. The Morgan fingerprint density at radius 1 is 1.24 bits per heavy atom. The summed E-state index contributed by atoms with van der Waals surface area (Å²) in [6.07, 6.45) is -2.77. The fourth-order valence-electron chi connectivity index (χ4n) is 1.92. The minimum absolute atomic E-state index is 0.0440. The van der Waals surface area contributed by atoms with Crippen molar-refractivity contribution >= 4 is 11.6 Å². The Morgan fingerprint density at radius 2 is 1.90 bits per heavy atom. The summed E-state index contributed by atoms with van der Waals surface area (Å²) in [7, 11) is 0. The van der Waals surface area contributed by atoms with E-state index in [1.807, 2.05) is 13.8 Å². The third-order valence-electron chi connectivity index (χ3n) is 2.95. The first-order valence-electron chi connectivity index (χ1n) is 6.37. The Kier molecular flexibility index (Phi) is 3.93. The van der Waals surface area contributed by atoms with Crippen LogP contribution in [0.2, 0.25) is 0 Å². The van der Waals surface area contributed by atoms with E-state index in [9.17, 15) is 17.6 Å². The smallest absolute Gasteiger partial charge is 0.323 e. The lowest BCUT2D eigenvalue weighted by Crippen LogP contribution is -2.09. The van der Waals surface area contributed by atoms with Crippen molar-refractivity contribution in [2.24, 2.45) is 0 Å². The molecule has 0 aliphatic carbocycles. The molecule has 0 radical (unpaired) electrons. The maximum Gasteiger partial charge on any atom is 0.416 e. The van der Waals surface area contributed by atoms with Gasteiger partial charge in [-0.1, -0.05) is 0 Å². The van der Waals surface area contributed by atoms with Gasteiger partial charge in [0.15, 0.2) is 0 Å². The average Bonchev–Trinajstić information content (AvgIpc) is 2.72. The molecule has 0 saturated carbocycles. The molecule has 0 unspecified atom stereocenters. The normalized spacial score (nSPS) is 12.0. The van der Waals surface area contributed by atoms with Crippen LogP contribution < -0.4 is 5.32 Å². The number of halogens is 4. The highest BCUT2D eigenvalue weighted by molar-refractivity contribution is 5.56. The Balaban J connectivity index is 2.40. The van der Waals surface area contributed by atoms with Gasteiger partial charge in [-0.3, -0.25) is 0 Å². The number of imidazole rings is 1. The molecule has 0 fully saturated rings. The van der Waals surface area contributed by atoms with Crippen molar-refractivity contribution in [3.05, 3.63) is 41.5 Å². The molecule has 2 rings (SSSR count). The molecule has 0 bridgehead atoms. The largest absolute Gasteiger partial charge is 0.416 e. The molecule has 0 atom stereocenters. The average molecular weight is 301 g/mol. The fraction of sp³-hybridized carbons (Fsp3) is 0.357. The van der Waals surface area contributed by atoms with Gasteiger partial charge in [0.05, 0.1) is 16.9 Å². The van der Waals surface area contributed by atoms with Gasteiger partial charge in [0, 0.05) is 12.2 Å². The van der Waals surface area contributed by atoms with Gasteiger partial charge in [-0.25, -0.2) is 9.37 Å². The van der Waals surface area contributed by atoms with Crippen LogP contribution in [0.5, 0.6) is 0 Å². The number of alkyl halides is 3. The van der Waals surface area contributed by atoms with E-state index in [0.717, 1.165) is 12.1 Å². The van der Waals surface area contributed by atoms with Crippen LogP contribution in [0.1, 0.15) is 31.1 Å². The van der Waals surface area contributed by atoms with Crippen LogP contribution in [0, 0.1) is 12.7 Å². The van der Waals surface area contributed by atoms with Gasteiger partial charge in [-0.15, -0.1) is 0 Å². The van der Waals surface area contributed by atoms with Gasteiger partial charge in [-0.2, -0.15) is 13.2 Å². The molecule has 1 aromatic carbocycles. The Hall–Kier alpha value is -2.05. The van der Waals surface area contributed by atoms with Crippen LogP contribution in [0.25, 0.3) is 0 Å². The number of hydrogen-bond acceptors (Lipinski definition) is 2. The molecule has 1 N–H and O–H groups in total. The third kappa shape index (κ3) is 3.34. The van der Waals surface area contributed by atoms with E-state index in [4.69, 9.17) is 0 Å². The van der Waals surface area contributed by atoms with Crippen molar-refractivity contribution in [1.29, 1.82) is 0 Å². The number of aromatic nitrogens is 2. The van der Waals surface area contributed by atoms with Crippen LogP contribution in [-0.4, -0.2) is 9.55 Å². The van der Waals surface area contributed by atoms with E-state index in [0.29, 0.717) is 17.7 Å². The highest BCUT2D eigenvalue weighted by atomic mass is 19.4. The second-order valence-electron chi connectivity index (χ2n) is 5.02. The van der Waals surface area contributed by atoms with Gasteiger partial charge in [0.1, 0.15) is 5.82 Å². The molecule has 0 amide bonds. The molecule has 1 heterocycles. The summed E-state index contributed by atoms with van der Waals surface area (Å²) in [5, 5.41) is 2.63. The summed E-state index contributed by atoms with van der Waals surface area (Å²) in [4.78, 5) is 4.16. The predicted molar refractivity (Wildman–Crippen MR) is 72.0 cm³/mol. The molecular formula is C14H15F4N3. The van der Waals surface area contributed by atoms with E-state index >= 15 is 0 Å². The summed E-state index contributed by atoms with van der Waals surface area (Å²) in [5.74, 6) is -0.459. The van der Waals surface area contributed by atoms with Crippen LogP contribution in [0.3, 0.4) is 0 Å². The molecule has 7 heteroatoms. The van der Waals surface area contributed by atoms with Crippen LogP contribution in [-0.2, 0) is 6.18 Å². The zero-order valence-electron chi connectivity index (χ0n) is 11.8. The quantitative estimate of drug-likeness (QED) is 0.835. The number of anilines is 2. The second kappa shape index (κ2) is 5.38. The molecule has 0 aliphatic rings. The lowest BCUT2D eigenvalue weighted by atomic mass is 10.2. The zero-order chi connectivity index (χ0) is 15.8. The molecular weight excluding hydrogens is 286 g/mol. The van der Waals surface area contributed by atoms with Crippen molar-refractivity contribution in [2.45, 2.75) is 33.0 Å². The number of nitrogens with one attached hydrogen (secondary N) is 1. The lowest BCUT2D eigenvalue weighted by Gasteiger charge is -2.14. The van der Waals surface area contributed by atoms with E-state index in [2.05, 4.69) is 10.3 Å². The highest BCUT2D eigenvalue weighted by Gasteiger charge is 2.31. The van der Waals surface area contributed by atoms with Crippen LogP contribution in [0.4, 0.5) is 29.2 Å². The summed E-state index contributed by atoms with van der Waals surface area (Å²) in [6, 6.07) is 2.29. The third-order valence-corrected chi connectivity index (χ3v) is 2.95. The first kappa shape index (κ1) is 15.3. The molecule has 1 aromatic heterocycles. The first-order valence-corrected chi connectivity index (χ1v) is 6.37. The van der Waals surface area contributed by atoms with Gasteiger partial charge < -0.3 is 9.88 Å². The Labute approximate surface area is 119 Å². The van der Waals surface area contributed by atoms with Gasteiger partial charge in [0.2, 0.25) is 5.95 Å². The summed E-state index contributed by atoms with van der Waals surface area (Å²) in [5.41, 5.74) is -0.471. The van der Waals surface area contributed by atoms with Crippen molar-refractivity contribution in [3.8, 4) is 0 Å². The lowest BCUT2D eigenvalue weighted by molar-refractivity contribution is -0.137. The molecule has 21 heavy (non-hydrogen) atoms. The SMILES string of the molecule is Cc1cn(C(C)C)c(Nc2cc(C(F)(F)F)ccc2F)n1. The number of benzene rings is 1. The van der Waals surface area contributed by atoms with Crippen molar-refractivity contribution in [2.75, 3.05) is 5.32 Å². The maximum atomic E-state index is 13.7. The van der Waals surface area contributed by atoms with Crippen LogP contribution >= 0.6 is 0 Å². The summed E-state index contributed by atoms with van der Waals surface area (Å²) in [6.45, 7) is 5.55. The topological polar surface area (TPSA) is 29.9 Å². The molecule has 0 saturated heterocycles. The summed E-state index contributed by atoms with van der Waals surface area (Å²) < 4.78 is 53.5. The van der Waals surface area contributed by atoms with Crippen molar-refractivity contribution < 1.29 is 17.6 Å².